The molecule has 0 saturated heterocycles. The zero-order valence-corrected chi connectivity index (χ0v) is 12.3. The molecule has 1 aliphatic rings. The summed E-state index contributed by atoms with van der Waals surface area (Å²) in [5.41, 5.74) is 4.93. The van der Waals surface area contributed by atoms with E-state index in [1.165, 1.54) is 22.3 Å². The van der Waals surface area contributed by atoms with Crippen LogP contribution >= 0.6 is 0 Å². The Morgan fingerprint density at radius 1 is 1.10 bits per heavy atom. The zero-order valence-electron chi connectivity index (χ0n) is 12.3. The third-order valence-corrected chi connectivity index (χ3v) is 3.78. The Balaban J connectivity index is 1.67. The van der Waals surface area contributed by atoms with Crippen LogP contribution in [0.25, 0.3) is 0 Å². The van der Waals surface area contributed by atoms with Gasteiger partial charge in [-0.2, -0.15) is 0 Å². The van der Waals surface area contributed by atoms with E-state index in [4.69, 9.17) is 9.47 Å². The van der Waals surface area contributed by atoms with Gasteiger partial charge in [-0.05, 0) is 43.5 Å². The van der Waals surface area contributed by atoms with Gasteiger partial charge in [0, 0.05) is 6.42 Å². The summed E-state index contributed by atoms with van der Waals surface area (Å²) in [5.74, 6) is 1.99. The molecule has 2 heteroatoms. The molecule has 2 nitrogen and oxygen atoms in total. The van der Waals surface area contributed by atoms with Crippen molar-refractivity contribution in [1.29, 1.82) is 0 Å². The van der Waals surface area contributed by atoms with Gasteiger partial charge in [-0.1, -0.05) is 35.9 Å². The second-order valence-corrected chi connectivity index (χ2v) is 5.59. The normalized spacial score (nSPS) is 16.6. The van der Waals surface area contributed by atoms with E-state index in [0.717, 1.165) is 17.9 Å². The maximum Gasteiger partial charge on any atom is 0.137 e. The average Bonchev–Trinajstić information content (AvgIpc) is 2.80. The van der Waals surface area contributed by atoms with E-state index in [1.54, 1.807) is 0 Å². The van der Waals surface area contributed by atoms with Crippen LogP contribution in [0.5, 0.6) is 11.5 Å². The number of para-hydroxylation sites is 1. The van der Waals surface area contributed by atoms with E-state index in [2.05, 4.69) is 57.2 Å². The molecule has 0 radical (unpaired) electrons. The van der Waals surface area contributed by atoms with Gasteiger partial charge >= 0.3 is 0 Å². The lowest BCUT2D eigenvalue weighted by Crippen LogP contribution is -2.22. The minimum atomic E-state index is 0.116. The fourth-order valence-electron chi connectivity index (χ4n) is 2.75. The molecule has 20 heavy (non-hydrogen) atoms. The fourth-order valence-corrected chi connectivity index (χ4v) is 2.75. The van der Waals surface area contributed by atoms with Crippen molar-refractivity contribution in [2.45, 2.75) is 33.3 Å². The van der Waals surface area contributed by atoms with Crippen molar-refractivity contribution in [1.82, 2.24) is 0 Å². The largest absolute Gasteiger partial charge is 0.489 e. The van der Waals surface area contributed by atoms with Gasteiger partial charge in [-0.3, -0.25) is 0 Å². The van der Waals surface area contributed by atoms with Crippen LogP contribution < -0.4 is 9.47 Å². The van der Waals surface area contributed by atoms with Gasteiger partial charge in [0.2, 0.25) is 0 Å². The van der Waals surface area contributed by atoms with Crippen LogP contribution in [0.1, 0.15) is 22.3 Å². The molecule has 104 valence electrons. The quantitative estimate of drug-likeness (QED) is 0.838. The molecule has 1 atom stereocenters. The molecular formula is C18H20O2. The number of hydrogen-bond acceptors (Lipinski definition) is 2. The molecular weight excluding hydrogens is 248 g/mol. The van der Waals surface area contributed by atoms with E-state index in [-0.39, 0.29) is 6.10 Å². The zero-order chi connectivity index (χ0) is 14.1. The van der Waals surface area contributed by atoms with Crippen molar-refractivity contribution in [3.63, 3.8) is 0 Å². The Morgan fingerprint density at radius 2 is 1.85 bits per heavy atom. The second-order valence-electron chi connectivity index (χ2n) is 5.59. The van der Waals surface area contributed by atoms with Gasteiger partial charge in [0.25, 0.3) is 0 Å². The van der Waals surface area contributed by atoms with Gasteiger partial charge in [-0.25, -0.2) is 0 Å². The number of aryl methyl sites for hydroxylation is 3. The summed E-state index contributed by atoms with van der Waals surface area (Å²) in [4.78, 5) is 0. The predicted molar refractivity (Wildman–Crippen MR) is 80.7 cm³/mol. The molecule has 2 aromatic rings. The van der Waals surface area contributed by atoms with E-state index in [1.807, 2.05) is 0 Å². The molecule has 0 saturated carbocycles. The number of benzene rings is 2. The van der Waals surface area contributed by atoms with Crippen molar-refractivity contribution < 1.29 is 9.47 Å². The number of hydrogen-bond donors (Lipinski definition) is 0. The lowest BCUT2D eigenvalue weighted by molar-refractivity contribution is 0.147. The van der Waals surface area contributed by atoms with Crippen molar-refractivity contribution in [2.75, 3.05) is 6.61 Å². The molecule has 1 heterocycles. The Morgan fingerprint density at radius 3 is 2.60 bits per heavy atom. The predicted octanol–water partition coefficient (Wildman–Crippen LogP) is 3.99. The van der Waals surface area contributed by atoms with E-state index in [0.29, 0.717) is 6.61 Å². The Kier molecular flexibility index (Phi) is 3.39. The minimum absolute atomic E-state index is 0.116. The van der Waals surface area contributed by atoms with Crippen LogP contribution in [0.4, 0.5) is 0 Å². The Bertz CT molecular complexity index is 611. The molecule has 0 aliphatic carbocycles. The first-order valence-electron chi connectivity index (χ1n) is 7.08. The SMILES string of the molecule is Cc1ccc2c(c1)CC(COc1c(C)cccc1C)O2. The van der Waals surface area contributed by atoms with Crippen molar-refractivity contribution in [3.05, 3.63) is 58.7 Å². The van der Waals surface area contributed by atoms with E-state index >= 15 is 0 Å². The molecule has 0 amide bonds. The summed E-state index contributed by atoms with van der Waals surface area (Å²) in [7, 11) is 0. The highest BCUT2D eigenvalue weighted by atomic mass is 16.5. The highest BCUT2D eigenvalue weighted by Gasteiger charge is 2.23. The molecule has 0 spiro atoms. The number of ether oxygens (including phenoxy) is 2. The molecule has 0 bridgehead atoms. The van der Waals surface area contributed by atoms with Crippen LogP contribution in [0.3, 0.4) is 0 Å². The lowest BCUT2D eigenvalue weighted by Gasteiger charge is -2.15. The first kappa shape index (κ1) is 13.0. The highest BCUT2D eigenvalue weighted by Crippen LogP contribution is 2.30. The second kappa shape index (κ2) is 5.20. The number of fused-ring (bicyclic) bond motifs is 1. The minimum Gasteiger partial charge on any atom is -0.489 e. The van der Waals surface area contributed by atoms with Crippen LogP contribution in [0.2, 0.25) is 0 Å². The van der Waals surface area contributed by atoms with Crippen LogP contribution in [0.15, 0.2) is 36.4 Å². The van der Waals surface area contributed by atoms with Crippen molar-refractivity contribution >= 4 is 0 Å². The summed E-state index contributed by atoms with van der Waals surface area (Å²) < 4.78 is 11.9. The van der Waals surface area contributed by atoms with Gasteiger partial charge in [0.1, 0.15) is 24.2 Å². The fraction of sp³-hybridized carbons (Fsp3) is 0.333. The van der Waals surface area contributed by atoms with Crippen molar-refractivity contribution in [3.8, 4) is 11.5 Å². The van der Waals surface area contributed by atoms with Gasteiger partial charge in [0.05, 0.1) is 0 Å². The summed E-state index contributed by atoms with van der Waals surface area (Å²) >= 11 is 0. The third-order valence-electron chi connectivity index (χ3n) is 3.78. The smallest absolute Gasteiger partial charge is 0.137 e. The first-order chi connectivity index (χ1) is 9.63. The average molecular weight is 268 g/mol. The van der Waals surface area contributed by atoms with Gasteiger partial charge in [-0.15, -0.1) is 0 Å². The Labute approximate surface area is 120 Å². The summed E-state index contributed by atoms with van der Waals surface area (Å²) in [6.45, 7) is 6.87. The highest BCUT2D eigenvalue weighted by molar-refractivity contribution is 5.41. The standard InChI is InChI=1S/C18H20O2/c1-12-7-8-17-15(9-12)10-16(20-17)11-19-18-13(2)5-4-6-14(18)3/h4-9,16H,10-11H2,1-3H3. The van der Waals surface area contributed by atoms with Gasteiger partial charge < -0.3 is 9.47 Å². The van der Waals surface area contributed by atoms with E-state index < -0.39 is 0 Å². The molecule has 3 rings (SSSR count). The third kappa shape index (κ3) is 2.51. The maximum atomic E-state index is 5.99. The van der Waals surface area contributed by atoms with Crippen LogP contribution in [-0.2, 0) is 6.42 Å². The Hall–Kier alpha value is -1.96. The maximum absolute atomic E-state index is 5.99. The summed E-state index contributed by atoms with van der Waals surface area (Å²) in [6.07, 6.45) is 1.05. The summed E-state index contributed by atoms with van der Waals surface area (Å²) in [5, 5.41) is 0. The lowest BCUT2D eigenvalue weighted by atomic mass is 10.1. The van der Waals surface area contributed by atoms with Gasteiger partial charge in [0.15, 0.2) is 0 Å². The summed E-state index contributed by atoms with van der Waals surface area (Å²) in [6, 6.07) is 12.6. The molecule has 0 fully saturated rings. The van der Waals surface area contributed by atoms with Crippen LogP contribution in [-0.4, -0.2) is 12.7 Å². The monoisotopic (exact) mass is 268 g/mol. The number of rotatable bonds is 3. The topological polar surface area (TPSA) is 18.5 Å². The van der Waals surface area contributed by atoms with Crippen LogP contribution in [0, 0.1) is 20.8 Å². The molecule has 2 aromatic carbocycles. The molecule has 1 aliphatic heterocycles. The van der Waals surface area contributed by atoms with E-state index in [9.17, 15) is 0 Å². The molecule has 0 N–H and O–H groups in total. The van der Waals surface area contributed by atoms with Crippen molar-refractivity contribution in [2.24, 2.45) is 0 Å². The molecule has 1 unspecified atom stereocenters. The first-order valence-corrected chi connectivity index (χ1v) is 7.08. The molecule has 0 aromatic heterocycles.